The van der Waals surface area contributed by atoms with Crippen LogP contribution in [0.4, 0.5) is 11.4 Å². The number of thiocarbonyl (C=S) groups is 1. The summed E-state index contributed by atoms with van der Waals surface area (Å²) in [6, 6.07) is 19.4. The van der Waals surface area contributed by atoms with E-state index in [1.807, 2.05) is 13.8 Å². The molecule has 0 atom stereocenters. The van der Waals surface area contributed by atoms with Gasteiger partial charge in [-0.2, -0.15) is 0 Å². The van der Waals surface area contributed by atoms with Crippen molar-refractivity contribution in [2.45, 2.75) is 24.8 Å². The highest BCUT2D eigenvalue weighted by Gasteiger charge is 2.16. The third-order valence-corrected chi connectivity index (χ3v) is 6.09. The van der Waals surface area contributed by atoms with Gasteiger partial charge in [-0.3, -0.25) is 14.8 Å². The summed E-state index contributed by atoms with van der Waals surface area (Å²) in [6.07, 6.45) is -0.0898. The van der Waals surface area contributed by atoms with Gasteiger partial charge in [0.2, 0.25) is 0 Å². The van der Waals surface area contributed by atoms with Crippen LogP contribution in [0.5, 0.6) is 11.5 Å². The summed E-state index contributed by atoms with van der Waals surface area (Å²) in [5.41, 5.74) is 1.28. The highest BCUT2D eigenvalue weighted by molar-refractivity contribution is 7.92. The number of para-hydroxylation sites is 1. The molecule has 10 heteroatoms. The zero-order valence-electron chi connectivity index (χ0n) is 18.9. The van der Waals surface area contributed by atoms with Gasteiger partial charge in [-0.25, -0.2) is 8.42 Å². The van der Waals surface area contributed by atoms with Gasteiger partial charge in [0.15, 0.2) is 5.11 Å². The summed E-state index contributed by atoms with van der Waals surface area (Å²) >= 11 is 5.23. The molecule has 0 unspecified atom stereocenters. The zero-order chi connectivity index (χ0) is 24.7. The lowest BCUT2D eigenvalue weighted by Crippen LogP contribution is -2.34. The van der Waals surface area contributed by atoms with Gasteiger partial charge in [0.05, 0.1) is 23.7 Å². The molecule has 0 fully saturated rings. The van der Waals surface area contributed by atoms with Crippen molar-refractivity contribution in [2.24, 2.45) is 0 Å². The first-order valence-corrected chi connectivity index (χ1v) is 12.2. The van der Waals surface area contributed by atoms with Crippen LogP contribution >= 0.6 is 12.2 Å². The van der Waals surface area contributed by atoms with Crippen molar-refractivity contribution in [1.29, 1.82) is 0 Å². The first-order valence-electron chi connectivity index (χ1n) is 10.3. The van der Waals surface area contributed by atoms with E-state index >= 15 is 0 Å². The van der Waals surface area contributed by atoms with E-state index < -0.39 is 15.9 Å². The molecule has 1 amide bonds. The molecule has 178 valence electrons. The Morgan fingerprint density at radius 2 is 1.53 bits per heavy atom. The molecule has 3 aromatic carbocycles. The number of hydrogen-bond acceptors (Lipinski definition) is 6. The number of carbonyl (C=O) groups is 1. The maximum atomic E-state index is 12.6. The van der Waals surface area contributed by atoms with Gasteiger partial charge in [0, 0.05) is 11.4 Å². The van der Waals surface area contributed by atoms with Gasteiger partial charge in [0.1, 0.15) is 11.5 Å². The second-order valence-electron chi connectivity index (χ2n) is 7.43. The minimum absolute atomic E-state index is 0.0660. The van der Waals surface area contributed by atoms with Gasteiger partial charge in [-0.1, -0.05) is 12.1 Å². The fourth-order valence-corrected chi connectivity index (χ4v) is 4.20. The van der Waals surface area contributed by atoms with E-state index in [-0.39, 0.29) is 16.1 Å². The van der Waals surface area contributed by atoms with E-state index in [4.69, 9.17) is 21.7 Å². The van der Waals surface area contributed by atoms with Crippen LogP contribution in [0.15, 0.2) is 77.7 Å². The Hall–Kier alpha value is -3.63. The fraction of sp³-hybridized carbons (Fsp3) is 0.167. The maximum Gasteiger partial charge on any atom is 0.261 e. The second kappa shape index (κ2) is 11.0. The van der Waals surface area contributed by atoms with Crippen LogP contribution in [0.3, 0.4) is 0 Å². The van der Waals surface area contributed by atoms with Gasteiger partial charge >= 0.3 is 0 Å². The molecule has 3 aromatic rings. The van der Waals surface area contributed by atoms with Crippen molar-refractivity contribution >= 4 is 44.6 Å². The number of anilines is 2. The number of ether oxygens (including phenoxy) is 2. The van der Waals surface area contributed by atoms with Crippen LogP contribution in [-0.2, 0) is 10.0 Å². The van der Waals surface area contributed by atoms with E-state index in [0.29, 0.717) is 28.4 Å². The monoisotopic (exact) mass is 499 g/mol. The summed E-state index contributed by atoms with van der Waals surface area (Å²) < 4.78 is 38.5. The molecule has 0 radical (unpaired) electrons. The normalized spacial score (nSPS) is 10.9. The number of nitrogens with one attached hydrogen (secondary N) is 3. The Labute approximate surface area is 204 Å². The lowest BCUT2D eigenvalue weighted by molar-refractivity contribution is 0.0972. The van der Waals surface area contributed by atoms with Crippen LogP contribution in [0.2, 0.25) is 0 Å². The molecule has 34 heavy (non-hydrogen) atoms. The highest BCUT2D eigenvalue weighted by atomic mass is 32.2. The number of amides is 1. The first-order chi connectivity index (χ1) is 16.2. The van der Waals surface area contributed by atoms with Crippen molar-refractivity contribution in [1.82, 2.24) is 5.32 Å². The van der Waals surface area contributed by atoms with Crippen LogP contribution in [0.25, 0.3) is 0 Å². The molecule has 0 heterocycles. The van der Waals surface area contributed by atoms with Crippen molar-refractivity contribution in [3.63, 3.8) is 0 Å². The molecule has 0 saturated carbocycles. The minimum atomic E-state index is -3.78. The van der Waals surface area contributed by atoms with E-state index in [2.05, 4.69) is 15.4 Å². The summed E-state index contributed by atoms with van der Waals surface area (Å²) in [4.78, 5) is 12.7. The molecule has 0 spiro atoms. The number of methoxy groups -OCH3 is 1. The SMILES string of the molecule is COc1ccc(NS(=O)(=O)c2ccc(NC(=S)NC(=O)c3ccccc3OC(C)C)cc2)cc1. The van der Waals surface area contributed by atoms with E-state index in [1.165, 1.54) is 19.2 Å². The molecule has 3 rings (SSSR count). The van der Waals surface area contributed by atoms with E-state index in [9.17, 15) is 13.2 Å². The number of sulfonamides is 1. The largest absolute Gasteiger partial charge is 0.497 e. The van der Waals surface area contributed by atoms with Crippen molar-refractivity contribution < 1.29 is 22.7 Å². The third-order valence-electron chi connectivity index (χ3n) is 4.49. The van der Waals surface area contributed by atoms with Gasteiger partial charge < -0.3 is 14.8 Å². The molecular formula is C24H25N3O5S2. The zero-order valence-corrected chi connectivity index (χ0v) is 20.5. The molecular weight excluding hydrogens is 474 g/mol. The predicted molar refractivity (Wildman–Crippen MR) is 136 cm³/mol. The standard InChI is InChI=1S/C24H25N3O5S2/c1-16(2)32-22-7-5-4-6-21(22)23(28)26-24(33)25-17-10-14-20(15-11-17)34(29,30)27-18-8-12-19(31-3)13-9-18/h4-16,27H,1-3H3,(H2,25,26,28,33). The molecule has 0 saturated heterocycles. The summed E-state index contributed by atoms with van der Waals surface area (Å²) in [7, 11) is -2.25. The Morgan fingerprint density at radius 1 is 0.912 bits per heavy atom. The number of hydrogen-bond donors (Lipinski definition) is 3. The predicted octanol–water partition coefficient (Wildman–Crippen LogP) is 4.41. The lowest BCUT2D eigenvalue weighted by Gasteiger charge is -2.15. The molecule has 3 N–H and O–H groups in total. The van der Waals surface area contributed by atoms with Crippen molar-refractivity contribution in [3.8, 4) is 11.5 Å². The molecule has 0 bridgehead atoms. The smallest absolute Gasteiger partial charge is 0.261 e. The second-order valence-corrected chi connectivity index (χ2v) is 9.52. The summed E-state index contributed by atoms with van der Waals surface area (Å²) in [5.74, 6) is 0.658. The third kappa shape index (κ3) is 6.69. The van der Waals surface area contributed by atoms with Crippen LogP contribution in [-0.4, -0.2) is 32.7 Å². The highest BCUT2D eigenvalue weighted by Crippen LogP contribution is 2.21. The fourth-order valence-electron chi connectivity index (χ4n) is 2.93. The van der Waals surface area contributed by atoms with Crippen LogP contribution < -0.4 is 24.8 Å². The average Bonchev–Trinajstić information content (AvgIpc) is 2.79. The van der Waals surface area contributed by atoms with Crippen molar-refractivity contribution in [3.05, 3.63) is 78.4 Å². The van der Waals surface area contributed by atoms with Crippen molar-refractivity contribution in [2.75, 3.05) is 17.1 Å². The molecule has 0 aromatic heterocycles. The number of carbonyl (C=O) groups excluding carboxylic acids is 1. The van der Waals surface area contributed by atoms with Gasteiger partial charge in [-0.15, -0.1) is 0 Å². The average molecular weight is 500 g/mol. The Balaban J connectivity index is 1.63. The summed E-state index contributed by atoms with van der Waals surface area (Å²) in [5, 5.41) is 5.55. The Kier molecular flexibility index (Phi) is 8.08. The lowest BCUT2D eigenvalue weighted by atomic mass is 10.2. The molecule has 0 aliphatic rings. The number of benzene rings is 3. The molecule has 0 aliphatic carbocycles. The van der Waals surface area contributed by atoms with Gasteiger partial charge in [0.25, 0.3) is 15.9 Å². The van der Waals surface area contributed by atoms with Crippen LogP contribution in [0, 0.1) is 0 Å². The summed E-state index contributed by atoms with van der Waals surface area (Å²) in [6.45, 7) is 3.74. The molecule has 8 nitrogen and oxygen atoms in total. The molecule has 0 aliphatic heterocycles. The van der Waals surface area contributed by atoms with E-state index in [1.54, 1.807) is 60.7 Å². The Morgan fingerprint density at radius 3 is 2.15 bits per heavy atom. The number of rotatable bonds is 8. The first kappa shape index (κ1) is 25.0. The maximum absolute atomic E-state index is 12.6. The van der Waals surface area contributed by atoms with E-state index in [0.717, 1.165) is 0 Å². The van der Waals surface area contributed by atoms with Crippen LogP contribution in [0.1, 0.15) is 24.2 Å². The Bertz CT molecular complexity index is 1260. The topological polar surface area (TPSA) is 106 Å². The van der Waals surface area contributed by atoms with Gasteiger partial charge in [-0.05, 0) is 86.7 Å². The minimum Gasteiger partial charge on any atom is -0.497 e. The quantitative estimate of drug-likeness (QED) is 0.394.